The lowest BCUT2D eigenvalue weighted by Crippen LogP contribution is -2.48. The summed E-state index contributed by atoms with van der Waals surface area (Å²) in [6, 6.07) is 0. The smallest absolute Gasteiger partial charge is 0.407 e. The summed E-state index contributed by atoms with van der Waals surface area (Å²) in [7, 11) is 0. The van der Waals surface area contributed by atoms with Crippen LogP contribution in [0.1, 0.15) is 40.0 Å². The molecule has 2 aliphatic rings. The highest BCUT2D eigenvalue weighted by molar-refractivity contribution is 5.82. The minimum absolute atomic E-state index is 0.103. The van der Waals surface area contributed by atoms with Crippen LogP contribution in [0.4, 0.5) is 9.18 Å². The van der Waals surface area contributed by atoms with E-state index in [-0.39, 0.29) is 19.5 Å². The Morgan fingerprint density at radius 3 is 2.42 bits per heavy atom. The van der Waals surface area contributed by atoms with Gasteiger partial charge in [0.1, 0.15) is 16.7 Å². The molecule has 1 saturated carbocycles. The summed E-state index contributed by atoms with van der Waals surface area (Å²) >= 11 is 0. The SMILES string of the molecule is CC(C)(C)OC(=O)[C@]12CCC[C@@]1(F)CN(C(=O)O)C2. The number of carboxylic acid groups (broad SMARTS) is 1. The fraction of sp³-hybridized carbons (Fsp3) is 0.846. The Morgan fingerprint density at radius 2 is 1.89 bits per heavy atom. The fourth-order valence-electron chi connectivity index (χ4n) is 3.13. The molecule has 1 amide bonds. The second-order valence-electron chi connectivity index (χ2n) is 6.54. The van der Waals surface area contributed by atoms with E-state index in [1.54, 1.807) is 20.8 Å². The minimum atomic E-state index is -1.78. The number of halogens is 1. The van der Waals surface area contributed by atoms with Gasteiger partial charge in [0.05, 0.1) is 6.54 Å². The van der Waals surface area contributed by atoms with E-state index >= 15 is 0 Å². The quantitative estimate of drug-likeness (QED) is 0.744. The first-order valence-corrected chi connectivity index (χ1v) is 6.50. The first-order chi connectivity index (χ1) is 8.60. The maximum Gasteiger partial charge on any atom is 0.407 e. The molecule has 19 heavy (non-hydrogen) atoms. The molecular weight excluding hydrogens is 253 g/mol. The average molecular weight is 273 g/mol. The molecule has 5 nitrogen and oxygen atoms in total. The van der Waals surface area contributed by atoms with Gasteiger partial charge in [-0.2, -0.15) is 0 Å². The Kier molecular flexibility index (Phi) is 3.03. The van der Waals surface area contributed by atoms with Gasteiger partial charge in [-0.1, -0.05) is 0 Å². The number of esters is 1. The van der Waals surface area contributed by atoms with Crippen LogP contribution < -0.4 is 0 Å². The third-order valence-corrected chi connectivity index (χ3v) is 4.00. The topological polar surface area (TPSA) is 66.8 Å². The third-order valence-electron chi connectivity index (χ3n) is 4.00. The number of alkyl halides is 1. The van der Waals surface area contributed by atoms with Gasteiger partial charge in [0.25, 0.3) is 0 Å². The van der Waals surface area contributed by atoms with E-state index in [2.05, 4.69) is 0 Å². The Labute approximate surface area is 111 Å². The van der Waals surface area contributed by atoms with Gasteiger partial charge in [0.2, 0.25) is 0 Å². The van der Waals surface area contributed by atoms with Crippen LogP contribution in [-0.4, -0.2) is 46.4 Å². The zero-order chi connectivity index (χ0) is 14.5. The Bertz CT molecular complexity index is 419. The molecule has 0 bridgehead atoms. The molecular formula is C13H20FNO4. The van der Waals surface area contributed by atoms with Crippen LogP contribution in [0.25, 0.3) is 0 Å². The van der Waals surface area contributed by atoms with Crippen molar-refractivity contribution in [2.24, 2.45) is 5.41 Å². The fourth-order valence-corrected chi connectivity index (χ4v) is 3.13. The van der Waals surface area contributed by atoms with E-state index in [0.717, 1.165) is 4.90 Å². The number of ether oxygens (including phenoxy) is 1. The van der Waals surface area contributed by atoms with Gasteiger partial charge < -0.3 is 14.7 Å². The van der Waals surface area contributed by atoms with Crippen molar-refractivity contribution in [3.05, 3.63) is 0 Å². The monoisotopic (exact) mass is 273 g/mol. The molecule has 0 radical (unpaired) electrons. The van der Waals surface area contributed by atoms with Gasteiger partial charge in [0.15, 0.2) is 0 Å². The molecule has 0 aromatic carbocycles. The van der Waals surface area contributed by atoms with Gasteiger partial charge in [0, 0.05) is 6.54 Å². The number of carbonyl (C=O) groups excluding carboxylic acids is 1. The third kappa shape index (κ3) is 2.17. The maximum atomic E-state index is 15.0. The van der Waals surface area contributed by atoms with Crippen molar-refractivity contribution in [3.63, 3.8) is 0 Å². The lowest BCUT2D eigenvalue weighted by molar-refractivity contribution is -0.172. The van der Waals surface area contributed by atoms with E-state index in [0.29, 0.717) is 12.8 Å². The van der Waals surface area contributed by atoms with Crippen molar-refractivity contribution in [3.8, 4) is 0 Å². The molecule has 0 aromatic rings. The Morgan fingerprint density at radius 1 is 1.26 bits per heavy atom. The second-order valence-corrected chi connectivity index (χ2v) is 6.54. The normalized spacial score (nSPS) is 34.2. The van der Waals surface area contributed by atoms with Crippen molar-refractivity contribution in [2.75, 3.05) is 13.1 Å². The standard InChI is InChI=1S/C13H20FNO4/c1-11(2,3)19-9(16)12-5-4-6-13(12,14)8-15(7-12)10(17)18/h4-8H2,1-3H3,(H,17,18)/t12-,13-/m1/s1. The molecule has 108 valence electrons. The summed E-state index contributed by atoms with van der Waals surface area (Å²) in [5.74, 6) is -0.608. The van der Waals surface area contributed by atoms with Crippen LogP contribution in [-0.2, 0) is 9.53 Å². The van der Waals surface area contributed by atoms with Gasteiger partial charge >= 0.3 is 12.1 Å². The van der Waals surface area contributed by atoms with E-state index in [1.807, 2.05) is 0 Å². The van der Waals surface area contributed by atoms with E-state index in [9.17, 15) is 14.0 Å². The van der Waals surface area contributed by atoms with Gasteiger partial charge in [-0.25, -0.2) is 9.18 Å². The van der Waals surface area contributed by atoms with Gasteiger partial charge in [-0.15, -0.1) is 0 Å². The minimum Gasteiger partial charge on any atom is -0.465 e. The van der Waals surface area contributed by atoms with Crippen molar-refractivity contribution >= 4 is 12.1 Å². The Hall–Kier alpha value is -1.33. The number of hydrogen-bond donors (Lipinski definition) is 1. The first-order valence-electron chi connectivity index (χ1n) is 6.50. The molecule has 1 heterocycles. The van der Waals surface area contributed by atoms with Gasteiger partial charge in [-0.3, -0.25) is 4.79 Å². The zero-order valence-corrected chi connectivity index (χ0v) is 11.5. The van der Waals surface area contributed by atoms with Crippen LogP contribution in [0.5, 0.6) is 0 Å². The van der Waals surface area contributed by atoms with Crippen LogP contribution >= 0.6 is 0 Å². The molecule has 1 aliphatic heterocycles. The molecule has 2 fully saturated rings. The van der Waals surface area contributed by atoms with Crippen LogP contribution in [0.2, 0.25) is 0 Å². The van der Waals surface area contributed by atoms with E-state index in [4.69, 9.17) is 9.84 Å². The van der Waals surface area contributed by atoms with Gasteiger partial charge in [-0.05, 0) is 40.0 Å². The summed E-state index contributed by atoms with van der Waals surface area (Å²) in [5.41, 5.74) is -3.81. The Balaban J connectivity index is 2.29. The van der Waals surface area contributed by atoms with Crippen molar-refractivity contribution in [1.29, 1.82) is 0 Å². The second kappa shape index (κ2) is 4.08. The zero-order valence-electron chi connectivity index (χ0n) is 11.5. The molecule has 0 unspecified atom stereocenters. The maximum absolute atomic E-state index is 15.0. The number of fused-ring (bicyclic) bond motifs is 1. The molecule has 1 aliphatic carbocycles. The molecule has 1 saturated heterocycles. The summed E-state index contributed by atoms with van der Waals surface area (Å²) in [6.07, 6.45) is -0.0316. The first kappa shape index (κ1) is 14.1. The van der Waals surface area contributed by atoms with Crippen molar-refractivity contribution in [2.45, 2.75) is 51.3 Å². The lowest BCUT2D eigenvalue weighted by Gasteiger charge is -2.33. The summed E-state index contributed by atoms with van der Waals surface area (Å²) in [5, 5.41) is 9.02. The molecule has 2 rings (SSSR count). The highest BCUT2D eigenvalue weighted by Crippen LogP contribution is 2.55. The van der Waals surface area contributed by atoms with Crippen molar-refractivity contribution in [1.82, 2.24) is 4.90 Å². The van der Waals surface area contributed by atoms with E-state index in [1.165, 1.54) is 0 Å². The highest BCUT2D eigenvalue weighted by atomic mass is 19.1. The number of rotatable bonds is 1. The number of likely N-dealkylation sites (tertiary alicyclic amines) is 1. The predicted octanol–water partition coefficient (Wildman–Crippen LogP) is 2.20. The van der Waals surface area contributed by atoms with Crippen LogP contribution in [0.3, 0.4) is 0 Å². The summed E-state index contributed by atoms with van der Waals surface area (Å²) < 4.78 is 20.3. The average Bonchev–Trinajstić information content (AvgIpc) is 2.65. The molecule has 2 atom stereocenters. The number of amides is 1. The molecule has 0 spiro atoms. The van der Waals surface area contributed by atoms with Crippen LogP contribution in [0, 0.1) is 5.41 Å². The lowest BCUT2D eigenvalue weighted by atomic mass is 9.78. The summed E-state index contributed by atoms with van der Waals surface area (Å²) in [4.78, 5) is 24.4. The largest absolute Gasteiger partial charge is 0.465 e. The molecule has 1 N–H and O–H groups in total. The van der Waals surface area contributed by atoms with Crippen molar-refractivity contribution < 1.29 is 23.8 Å². The highest BCUT2D eigenvalue weighted by Gasteiger charge is 2.67. The molecule has 0 aromatic heterocycles. The predicted molar refractivity (Wildman–Crippen MR) is 65.6 cm³/mol. The number of nitrogens with zero attached hydrogens (tertiary/aromatic N) is 1. The van der Waals surface area contributed by atoms with Crippen LogP contribution in [0.15, 0.2) is 0 Å². The summed E-state index contributed by atoms with van der Waals surface area (Å²) in [6.45, 7) is 4.83. The number of carbonyl (C=O) groups is 2. The molecule has 6 heteroatoms. The van der Waals surface area contributed by atoms with E-state index < -0.39 is 28.7 Å². The number of hydrogen-bond acceptors (Lipinski definition) is 3.